The Balaban J connectivity index is 1.11. The first-order valence-electron chi connectivity index (χ1n) is 12.7. The van der Waals surface area contributed by atoms with Crippen molar-refractivity contribution in [2.75, 3.05) is 26.3 Å². The molecule has 5 heteroatoms. The van der Waals surface area contributed by atoms with Gasteiger partial charge >= 0.3 is 0 Å². The number of aromatic nitrogens is 1. The molecule has 0 spiro atoms. The van der Waals surface area contributed by atoms with Crippen LogP contribution in [0, 0.1) is 18.2 Å². The number of nitrogens with one attached hydrogen (secondary N) is 1. The van der Waals surface area contributed by atoms with E-state index in [2.05, 4.69) is 65.3 Å². The summed E-state index contributed by atoms with van der Waals surface area (Å²) in [5, 5.41) is 4.72. The van der Waals surface area contributed by atoms with Crippen molar-refractivity contribution in [3.8, 4) is 5.75 Å². The molecule has 36 heavy (non-hydrogen) atoms. The van der Waals surface area contributed by atoms with Crippen molar-refractivity contribution >= 4 is 10.9 Å². The first-order valence-corrected chi connectivity index (χ1v) is 12.7. The fourth-order valence-corrected chi connectivity index (χ4v) is 4.87. The molecule has 1 N–H and O–H groups in total. The first-order chi connectivity index (χ1) is 17.8. The number of rotatable bonds is 10. The maximum absolute atomic E-state index is 13.6. The number of halogens is 1. The molecule has 1 radical (unpaired) electrons. The van der Waals surface area contributed by atoms with Gasteiger partial charge in [-0.2, -0.15) is 0 Å². The Morgan fingerprint density at radius 1 is 0.972 bits per heavy atom. The Bertz CT molecular complexity index is 1260. The molecule has 0 saturated carbocycles. The highest BCUT2D eigenvalue weighted by Crippen LogP contribution is 2.35. The van der Waals surface area contributed by atoms with E-state index in [-0.39, 0.29) is 12.4 Å². The van der Waals surface area contributed by atoms with Crippen molar-refractivity contribution in [3.63, 3.8) is 0 Å². The van der Waals surface area contributed by atoms with E-state index in [4.69, 9.17) is 9.47 Å². The molecule has 1 aliphatic heterocycles. The number of piperidine rings is 1. The van der Waals surface area contributed by atoms with Gasteiger partial charge in [-0.15, -0.1) is 0 Å². The van der Waals surface area contributed by atoms with E-state index in [9.17, 15) is 4.39 Å². The van der Waals surface area contributed by atoms with Gasteiger partial charge in [0.05, 0.1) is 25.3 Å². The van der Waals surface area contributed by atoms with Crippen LogP contribution < -0.4 is 10.1 Å². The van der Waals surface area contributed by atoms with Gasteiger partial charge in [0.25, 0.3) is 0 Å². The highest BCUT2D eigenvalue weighted by Gasteiger charge is 2.27. The lowest BCUT2D eigenvalue weighted by Crippen LogP contribution is -2.35. The molecule has 1 aliphatic rings. The molecule has 185 valence electrons. The Morgan fingerprint density at radius 3 is 2.75 bits per heavy atom. The van der Waals surface area contributed by atoms with Crippen LogP contribution in [-0.2, 0) is 11.3 Å². The molecule has 4 nitrogen and oxygen atoms in total. The molecule has 3 aromatic carbocycles. The van der Waals surface area contributed by atoms with E-state index in [1.54, 1.807) is 12.1 Å². The number of ether oxygens (including phenoxy) is 2. The molecule has 2 unspecified atom stereocenters. The standard InChI is InChI=1S/C31H32FN2O2/c32-30-7-2-1-5-26(30)22-35-17-4-18-36-28-12-10-24(11-13-28)29-14-16-33-21-27(29)19-23-8-9-25-6-3-15-34-31(25)20-23/h1-3,5-13,15,19-20,27,29,33H,4,14,16-18,21-22H2. The van der Waals surface area contributed by atoms with Gasteiger partial charge in [-0.05, 0) is 79.2 Å². The highest BCUT2D eigenvalue weighted by molar-refractivity contribution is 5.79. The number of nitrogens with zero attached hydrogens (tertiary/aromatic N) is 1. The molecule has 1 aromatic heterocycles. The lowest BCUT2D eigenvalue weighted by molar-refractivity contribution is 0.105. The molecular formula is C31H32FN2O2. The summed E-state index contributed by atoms with van der Waals surface area (Å²) in [5.41, 5.74) is 4.18. The van der Waals surface area contributed by atoms with Crippen molar-refractivity contribution < 1.29 is 13.9 Å². The number of benzene rings is 3. The summed E-state index contributed by atoms with van der Waals surface area (Å²) in [4.78, 5) is 4.51. The number of pyridine rings is 1. The van der Waals surface area contributed by atoms with Gasteiger partial charge in [-0.1, -0.05) is 48.5 Å². The van der Waals surface area contributed by atoms with Gasteiger partial charge in [0, 0.05) is 23.6 Å². The molecule has 0 bridgehead atoms. The molecule has 0 amide bonds. The zero-order valence-corrected chi connectivity index (χ0v) is 20.4. The van der Waals surface area contributed by atoms with Crippen molar-refractivity contribution in [3.05, 3.63) is 114 Å². The number of hydrogen-bond acceptors (Lipinski definition) is 4. The minimum Gasteiger partial charge on any atom is -0.494 e. The second kappa shape index (κ2) is 12.1. The Labute approximate surface area is 212 Å². The molecule has 2 heterocycles. The fourth-order valence-electron chi connectivity index (χ4n) is 4.87. The summed E-state index contributed by atoms with van der Waals surface area (Å²) < 4.78 is 25.1. The maximum atomic E-state index is 13.6. The van der Waals surface area contributed by atoms with Crippen molar-refractivity contribution in [2.24, 2.45) is 5.92 Å². The third kappa shape index (κ3) is 6.28. The molecule has 4 aromatic rings. The van der Waals surface area contributed by atoms with E-state index in [0.717, 1.165) is 37.2 Å². The second-order valence-corrected chi connectivity index (χ2v) is 9.30. The van der Waals surface area contributed by atoms with E-state index in [1.807, 2.05) is 18.3 Å². The average Bonchev–Trinajstić information content (AvgIpc) is 2.92. The van der Waals surface area contributed by atoms with E-state index in [1.165, 1.54) is 22.6 Å². The van der Waals surface area contributed by atoms with Crippen molar-refractivity contribution in [2.45, 2.75) is 25.4 Å². The third-order valence-electron chi connectivity index (χ3n) is 6.79. The van der Waals surface area contributed by atoms with Gasteiger partial charge in [-0.25, -0.2) is 4.39 Å². The van der Waals surface area contributed by atoms with Crippen molar-refractivity contribution in [1.29, 1.82) is 0 Å². The van der Waals surface area contributed by atoms with Crippen LogP contribution in [0.1, 0.15) is 35.4 Å². The second-order valence-electron chi connectivity index (χ2n) is 9.30. The van der Waals surface area contributed by atoms with E-state index < -0.39 is 0 Å². The summed E-state index contributed by atoms with van der Waals surface area (Å²) in [5.74, 6) is 1.52. The largest absolute Gasteiger partial charge is 0.494 e. The van der Waals surface area contributed by atoms with Crippen molar-refractivity contribution in [1.82, 2.24) is 10.3 Å². The summed E-state index contributed by atoms with van der Waals surface area (Å²) >= 11 is 0. The number of fused-ring (bicyclic) bond motifs is 1. The average molecular weight is 484 g/mol. The summed E-state index contributed by atoms with van der Waals surface area (Å²) in [6, 6.07) is 25.8. The van der Waals surface area contributed by atoms with Crippen LogP contribution in [0.25, 0.3) is 10.9 Å². The summed E-state index contributed by atoms with van der Waals surface area (Å²) in [6.07, 6.45) is 6.09. The van der Waals surface area contributed by atoms with E-state index in [0.29, 0.717) is 30.6 Å². The van der Waals surface area contributed by atoms with Gasteiger partial charge < -0.3 is 14.8 Å². The quantitative estimate of drug-likeness (QED) is 0.269. The van der Waals surface area contributed by atoms with Crippen LogP contribution in [0.15, 0.2) is 85.1 Å². The monoisotopic (exact) mass is 483 g/mol. The fraction of sp³-hybridized carbons (Fsp3) is 0.290. The van der Waals surface area contributed by atoms with Gasteiger partial charge in [0.1, 0.15) is 11.6 Å². The van der Waals surface area contributed by atoms with Gasteiger partial charge in [0.2, 0.25) is 0 Å². The Morgan fingerprint density at radius 2 is 1.86 bits per heavy atom. The van der Waals surface area contributed by atoms with E-state index >= 15 is 0 Å². The summed E-state index contributed by atoms with van der Waals surface area (Å²) in [6.45, 7) is 3.38. The molecule has 5 rings (SSSR count). The summed E-state index contributed by atoms with van der Waals surface area (Å²) in [7, 11) is 0. The molecule has 2 atom stereocenters. The molecular weight excluding hydrogens is 451 g/mol. The predicted molar refractivity (Wildman–Crippen MR) is 141 cm³/mol. The van der Waals surface area contributed by atoms with Gasteiger partial charge in [0.15, 0.2) is 0 Å². The lowest BCUT2D eigenvalue weighted by atomic mass is 9.78. The SMILES string of the molecule is Fc1ccccc1COCCCOc1ccc(C2CCNCC2[CH]c2ccc3cccnc3c2)cc1. The minimum absolute atomic E-state index is 0.225. The molecule has 1 saturated heterocycles. The first kappa shape index (κ1) is 24.4. The number of hydrogen-bond donors (Lipinski definition) is 1. The van der Waals surface area contributed by atoms with Crippen LogP contribution >= 0.6 is 0 Å². The van der Waals surface area contributed by atoms with Crippen LogP contribution in [0.3, 0.4) is 0 Å². The maximum Gasteiger partial charge on any atom is 0.128 e. The molecule has 1 fully saturated rings. The Kier molecular flexibility index (Phi) is 8.21. The topological polar surface area (TPSA) is 43.4 Å². The van der Waals surface area contributed by atoms with Crippen LogP contribution in [0.5, 0.6) is 5.75 Å². The van der Waals surface area contributed by atoms with Crippen LogP contribution in [0.4, 0.5) is 4.39 Å². The van der Waals surface area contributed by atoms with Crippen LogP contribution in [-0.4, -0.2) is 31.3 Å². The molecule has 0 aliphatic carbocycles. The van der Waals surface area contributed by atoms with Gasteiger partial charge in [-0.3, -0.25) is 4.98 Å². The third-order valence-corrected chi connectivity index (χ3v) is 6.79. The zero-order valence-electron chi connectivity index (χ0n) is 20.4. The highest BCUT2D eigenvalue weighted by atomic mass is 19.1. The zero-order chi connectivity index (χ0) is 24.6. The normalized spacial score (nSPS) is 17.8. The Hall–Kier alpha value is -3.28. The predicted octanol–water partition coefficient (Wildman–Crippen LogP) is 6.31. The lowest BCUT2D eigenvalue weighted by Gasteiger charge is -2.32. The minimum atomic E-state index is -0.225. The smallest absolute Gasteiger partial charge is 0.128 e. The van der Waals surface area contributed by atoms with Crippen LogP contribution in [0.2, 0.25) is 0 Å².